The second kappa shape index (κ2) is 7.75. The predicted molar refractivity (Wildman–Crippen MR) is 89.4 cm³/mol. The van der Waals surface area contributed by atoms with Gasteiger partial charge in [-0.05, 0) is 44.4 Å². The average Bonchev–Trinajstić information content (AvgIpc) is 3.15. The molecule has 1 unspecified atom stereocenters. The van der Waals surface area contributed by atoms with Gasteiger partial charge in [-0.25, -0.2) is 9.78 Å². The molecule has 3 rings (SSSR count). The van der Waals surface area contributed by atoms with Crippen molar-refractivity contribution >= 4 is 11.9 Å². The van der Waals surface area contributed by atoms with Gasteiger partial charge in [0, 0.05) is 26.2 Å². The molecule has 3 heterocycles. The van der Waals surface area contributed by atoms with Gasteiger partial charge in [0.15, 0.2) is 0 Å². The quantitative estimate of drug-likeness (QED) is 0.786. The molecule has 1 atom stereocenters. The molecule has 2 aliphatic heterocycles. The van der Waals surface area contributed by atoms with Gasteiger partial charge >= 0.3 is 5.97 Å². The van der Waals surface area contributed by atoms with Crippen molar-refractivity contribution in [1.29, 1.82) is 0 Å². The number of ether oxygens (including phenoxy) is 1. The fraction of sp³-hybridized carbons (Fsp3) is 0.611. The van der Waals surface area contributed by atoms with Gasteiger partial charge < -0.3 is 9.64 Å². The first-order valence-electron chi connectivity index (χ1n) is 8.73. The average molecular weight is 331 g/mol. The Bertz CT molecular complexity index is 599. The van der Waals surface area contributed by atoms with Crippen molar-refractivity contribution in [2.75, 3.05) is 33.3 Å². The zero-order valence-corrected chi connectivity index (χ0v) is 14.2. The molecule has 2 fully saturated rings. The van der Waals surface area contributed by atoms with Crippen molar-refractivity contribution in [3.63, 3.8) is 0 Å². The summed E-state index contributed by atoms with van der Waals surface area (Å²) >= 11 is 0. The number of nitrogens with zero attached hydrogens (tertiary/aromatic N) is 3. The van der Waals surface area contributed by atoms with Crippen molar-refractivity contribution in [2.24, 2.45) is 5.92 Å². The lowest BCUT2D eigenvalue weighted by atomic mass is 9.96. The van der Waals surface area contributed by atoms with E-state index in [1.165, 1.54) is 7.11 Å². The molecule has 0 spiro atoms. The molecule has 130 valence electrons. The second-order valence-electron chi connectivity index (χ2n) is 6.61. The lowest BCUT2D eigenvalue weighted by molar-refractivity contribution is -0.136. The molecule has 0 aromatic carbocycles. The van der Waals surface area contributed by atoms with E-state index in [0.717, 1.165) is 57.6 Å². The lowest BCUT2D eigenvalue weighted by Crippen LogP contribution is -2.43. The van der Waals surface area contributed by atoms with Crippen LogP contribution in [0.4, 0.5) is 0 Å². The Morgan fingerprint density at radius 2 is 2.00 bits per heavy atom. The van der Waals surface area contributed by atoms with Crippen LogP contribution in [0, 0.1) is 5.92 Å². The molecule has 0 saturated carbocycles. The largest absolute Gasteiger partial charge is 0.464 e. The Balaban J connectivity index is 1.61. The summed E-state index contributed by atoms with van der Waals surface area (Å²) in [6.07, 6.45) is 4.27. The van der Waals surface area contributed by atoms with Crippen molar-refractivity contribution in [2.45, 2.75) is 32.2 Å². The number of rotatable bonds is 4. The van der Waals surface area contributed by atoms with E-state index in [4.69, 9.17) is 4.74 Å². The minimum Gasteiger partial charge on any atom is -0.464 e. The number of hydrogen-bond acceptors (Lipinski definition) is 5. The molecule has 1 amide bonds. The normalized spacial score (nSPS) is 21.7. The molecule has 0 bridgehead atoms. The standard InChI is InChI=1S/C18H25N3O3/c1-24-18(23)16-8-4-7-15(19-16)13-20-9-5-6-14(12-20)17(22)21-10-2-3-11-21/h4,7-8,14H,2-3,5-6,9-13H2,1H3. The molecule has 0 aliphatic carbocycles. The summed E-state index contributed by atoms with van der Waals surface area (Å²) < 4.78 is 4.72. The fourth-order valence-corrected chi connectivity index (χ4v) is 3.61. The molecular formula is C18H25N3O3. The van der Waals surface area contributed by atoms with Crippen molar-refractivity contribution in [3.8, 4) is 0 Å². The number of likely N-dealkylation sites (tertiary alicyclic amines) is 2. The van der Waals surface area contributed by atoms with Crippen LogP contribution in [0.15, 0.2) is 18.2 Å². The highest BCUT2D eigenvalue weighted by Gasteiger charge is 2.30. The van der Waals surface area contributed by atoms with Crippen LogP contribution in [0.2, 0.25) is 0 Å². The number of carbonyl (C=O) groups is 2. The number of esters is 1. The molecule has 1 aromatic rings. The first kappa shape index (κ1) is 16.9. The Morgan fingerprint density at radius 3 is 2.75 bits per heavy atom. The number of carbonyl (C=O) groups excluding carboxylic acids is 2. The van der Waals surface area contributed by atoms with Crippen LogP contribution >= 0.6 is 0 Å². The number of amides is 1. The van der Waals surface area contributed by atoms with Crippen molar-refractivity contribution in [1.82, 2.24) is 14.8 Å². The Hall–Kier alpha value is -1.95. The number of hydrogen-bond donors (Lipinski definition) is 0. The molecule has 2 aliphatic rings. The SMILES string of the molecule is COC(=O)c1cccc(CN2CCCC(C(=O)N3CCCC3)C2)n1. The Kier molecular flexibility index (Phi) is 5.45. The van der Waals surface area contributed by atoms with E-state index in [0.29, 0.717) is 18.1 Å². The third-order valence-corrected chi connectivity index (χ3v) is 4.86. The highest BCUT2D eigenvalue weighted by molar-refractivity contribution is 5.87. The van der Waals surface area contributed by atoms with Gasteiger partial charge in [-0.3, -0.25) is 9.69 Å². The fourth-order valence-electron chi connectivity index (χ4n) is 3.61. The maximum absolute atomic E-state index is 12.6. The van der Waals surface area contributed by atoms with Crippen molar-refractivity contribution < 1.29 is 14.3 Å². The number of piperidine rings is 1. The predicted octanol–water partition coefficient (Wildman–Crippen LogP) is 1.70. The van der Waals surface area contributed by atoms with Crippen LogP contribution in [0.25, 0.3) is 0 Å². The summed E-state index contributed by atoms with van der Waals surface area (Å²) in [5.41, 5.74) is 1.17. The highest BCUT2D eigenvalue weighted by atomic mass is 16.5. The van der Waals surface area contributed by atoms with E-state index in [-0.39, 0.29) is 5.92 Å². The number of pyridine rings is 1. The summed E-state index contributed by atoms with van der Waals surface area (Å²) in [6.45, 7) is 4.23. The maximum atomic E-state index is 12.6. The highest BCUT2D eigenvalue weighted by Crippen LogP contribution is 2.22. The second-order valence-corrected chi connectivity index (χ2v) is 6.61. The van der Waals surface area contributed by atoms with Crippen LogP contribution < -0.4 is 0 Å². The van der Waals surface area contributed by atoms with Gasteiger partial charge in [-0.1, -0.05) is 6.07 Å². The monoisotopic (exact) mass is 331 g/mol. The van der Waals surface area contributed by atoms with Crippen LogP contribution in [-0.4, -0.2) is 59.9 Å². The number of methoxy groups -OCH3 is 1. The zero-order valence-electron chi connectivity index (χ0n) is 14.2. The summed E-state index contributed by atoms with van der Waals surface area (Å²) in [5, 5.41) is 0. The Morgan fingerprint density at radius 1 is 1.21 bits per heavy atom. The topological polar surface area (TPSA) is 62.7 Å². The summed E-state index contributed by atoms with van der Waals surface area (Å²) in [6, 6.07) is 5.40. The summed E-state index contributed by atoms with van der Waals surface area (Å²) in [7, 11) is 1.36. The van der Waals surface area contributed by atoms with E-state index >= 15 is 0 Å². The minimum absolute atomic E-state index is 0.0978. The molecule has 24 heavy (non-hydrogen) atoms. The first-order chi connectivity index (χ1) is 11.7. The van der Waals surface area contributed by atoms with E-state index in [2.05, 4.69) is 9.88 Å². The lowest BCUT2D eigenvalue weighted by Gasteiger charge is -2.33. The van der Waals surface area contributed by atoms with Gasteiger partial charge in [0.2, 0.25) is 5.91 Å². The van der Waals surface area contributed by atoms with E-state index in [9.17, 15) is 9.59 Å². The van der Waals surface area contributed by atoms with Gasteiger partial charge in [0.05, 0.1) is 18.7 Å². The Labute approximate surface area is 142 Å². The zero-order chi connectivity index (χ0) is 16.9. The van der Waals surface area contributed by atoms with Gasteiger partial charge in [0.1, 0.15) is 5.69 Å². The molecule has 6 nitrogen and oxygen atoms in total. The van der Waals surface area contributed by atoms with Crippen molar-refractivity contribution in [3.05, 3.63) is 29.6 Å². The third kappa shape index (κ3) is 3.93. The van der Waals surface area contributed by atoms with Gasteiger partial charge in [-0.15, -0.1) is 0 Å². The molecule has 2 saturated heterocycles. The first-order valence-corrected chi connectivity index (χ1v) is 8.73. The third-order valence-electron chi connectivity index (χ3n) is 4.86. The smallest absolute Gasteiger partial charge is 0.356 e. The number of aromatic nitrogens is 1. The van der Waals surface area contributed by atoms with E-state index in [1.807, 2.05) is 17.0 Å². The molecule has 1 aromatic heterocycles. The molecule has 0 N–H and O–H groups in total. The maximum Gasteiger partial charge on any atom is 0.356 e. The van der Waals surface area contributed by atoms with Crippen LogP contribution in [0.5, 0.6) is 0 Å². The van der Waals surface area contributed by atoms with Crippen LogP contribution in [0.3, 0.4) is 0 Å². The molecular weight excluding hydrogens is 306 g/mol. The van der Waals surface area contributed by atoms with E-state index in [1.54, 1.807) is 6.07 Å². The van der Waals surface area contributed by atoms with Crippen LogP contribution in [-0.2, 0) is 16.1 Å². The summed E-state index contributed by atoms with van der Waals surface area (Å²) in [5.74, 6) is -0.00769. The molecule has 0 radical (unpaired) electrons. The van der Waals surface area contributed by atoms with Crippen LogP contribution in [0.1, 0.15) is 41.9 Å². The summed E-state index contributed by atoms with van der Waals surface area (Å²) in [4.78, 5) is 32.9. The van der Waals surface area contributed by atoms with Gasteiger partial charge in [0.25, 0.3) is 0 Å². The molecule has 6 heteroatoms. The van der Waals surface area contributed by atoms with Gasteiger partial charge in [-0.2, -0.15) is 0 Å². The van der Waals surface area contributed by atoms with E-state index < -0.39 is 5.97 Å². The minimum atomic E-state index is -0.419.